The van der Waals surface area contributed by atoms with Crippen molar-refractivity contribution >= 4 is 5.91 Å². The van der Waals surface area contributed by atoms with Crippen molar-refractivity contribution in [3.8, 4) is 5.75 Å². The van der Waals surface area contributed by atoms with Gasteiger partial charge >= 0.3 is 12.1 Å². The number of hydrogen-bond acceptors (Lipinski definition) is 3. The molecular weight excluding hydrogens is 328 g/mol. The monoisotopic (exact) mass is 348 g/mol. The van der Waals surface area contributed by atoms with Crippen LogP contribution in [0, 0.1) is 5.82 Å². The second kappa shape index (κ2) is 7.38. The Labute approximate surface area is 137 Å². The van der Waals surface area contributed by atoms with Crippen molar-refractivity contribution in [3.63, 3.8) is 0 Å². The van der Waals surface area contributed by atoms with Gasteiger partial charge in [0, 0.05) is 12.1 Å². The molecule has 2 N–H and O–H groups in total. The van der Waals surface area contributed by atoms with Crippen LogP contribution in [-0.4, -0.2) is 36.2 Å². The van der Waals surface area contributed by atoms with Crippen molar-refractivity contribution in [3.05, 3.63) is 29.6 Å². The van der Waals surface area contributed by atoms with E-state index in [1.807, 2.05) is 0 Å². The third-order valence-corrected chi connectivity index (χ3v) is 3.99. The molecule has 2 atom stereocenters. The average molecular weight is 348 g/mol. The Hall–Kier alpha value is -1.83. The van der Waals surface area contributed by atoms with Gasteiger partial charge in [-0.1, -0.05) is 0 Å². The first-order valence-corrected chi connectivity index (χ1v) is 7.78. The topological polar surface area (TPSA) is 55.6 Å². The van der Waals surface area contributed by atoms with E-state index >= 15 is 0 Å². The van der Waals surface area contributed by atoms with E-state index in [-0.39, 0.29) is 24.0 Å². The fourth-order valence-corrected chi connectivity index (χ4v) is 2.89. The minimum Gasteiger partial charge on any atom is -0.490 e. The number of hydrogen-bond donors (Lipinski definition) is 1. The van der Waals surface area contributed by atoms with Gasteiger partial charge in [-0.25, -0.2) is 4.39 Å². The highest BCUT2D eigenvalue weighted by Gasteiger charge is 2.46. The maximum absolute atomic E-state index is 13.6. The van der Waals surface area contributed by atoms with Crippen LogP contribution in [0.2, 0.25) is 0 Å². The van der Waals surface area contributed by atoms with Crippen molar-refractivity contribution in [1.82, 2.24) is 4.90 Å². The summed E-state index contributed by atoms with van der Waals surface area (Å²) in [5, 5.41) is 0. The Balaban J connectivity index is 2.32. The van der Waals surface area contributed by atoms with E-state index in [1.54, 1.807) is 6.92 Å². The molecule has 0 saturated carbocycles. The standard InChI is InChI=1S/C16H20F4N2O2/c1-10(6-7-21)24-14-5-4-11(17)9-12(14)13-3-2-8-22(13)15(23)16(18,19)20/h4-5,9-10,13H,2-3,6-8,21H2,1H3/t10-,13+/m0/s1. The number of likely N-dealkylation sites (tertiary alicyclic amines) is 1. The maximum atomic E-state index is 13.6. The molecule has 8 heteroatoms. The van der Waals surface area contributed by atoms with Crippen LogP contribution in [0.25, 0.3) is 0 Å². The molecule has 1 saturated heterocycles. The zero-order valence-electron chi connectivity index (χ0n) is 13.3. The van der Waals surface area contributed by atoms with Crippen molar-refractivity contribution in [2.75, 3.05) is 13.1 Å². The van der Waals surface area contributed by atoms with Crippen molar-refractivity contribution < 1.29 is 27.1 Å². The predicted octanol–water partition coefficient (Wildman–Crippen LogP) is 3.17. The fourth-order valence-electron chi connectivity index (χ4n) is 2.89. The van der Waals surface area contributed by atoms with Crippen LogP contribution in [-0.2, 0) is 4.79 Å². The Bertz CT molecular complexity index is 592. The number of ether oxygens (including phenoxy) is 1. The highest BCUT2D eigenvalue weighted by Crippen LogP contribution is 2.39. The van der Waals surface area contributed by atoms with Gasteiger partial charge in [0.25, 0.3) is 0 Å². The van der Waals surface area contributed by atoms with Gasteiger partial charge in [0.15, 0.2) is 0 Å². The zero-order valence-corrected chi connectivity index (χ0v) is 13.3. The molecule has 2 rings (SSSR count). The van der Waals surface area contributed by atoms with Crippen LogP contribution >= 0.6 is 0 Å². The first kappa shape index (κ1) is 18.5. The van der Waals surface area contributed by atoms with E-state index in [0.717, 1.165) is 11.0 Å². The molecular formula is C16H20F4N2O2. The second-order valence-corrected chi connectivity index (χ2v) is 5.84. The quantitative estimate of drug-likeness (QED) is 0.832. The molecule has 0 bridgehead atoms. The Morgan fingerprint density at radius 3 is 2.79 bits per heavy atom. The summed E-state index contributed by atoms with van der Waals surface area (Å²) in [5.74, 6) is -2.21. The second-order valence-electron chi connectivity index (χ2n) is 5.84. The number of benzene rings is 1. The van der Waals surface area contributed by atoms with Gasteiger partial charge in [-0.3, -0.25) is 4.79 Å². The van der Waals surface area contributed by atoms with Gasteiger partial charge in [0.1, 0.15) is 11.6 Å². The van der Waals surface area contributed by atoms with Crippen LogP contribution < -0.4 is 10.5 Å². The molecule has 134 valence electrons. The van der Waals surface area contributed by atoms with Crippen LogP contribution in [0.4, 0.5) is 17.6 Å². The lowest BCUT2D eigenvalue weighted by Crippen LogP contribution is -2.40. The molecule has 0 aliphatic carbocycles. The summed E-state index contributed by atoms with van der Waals surface area (Å²) in [5.41, 5.74) is 5.72. The highest BCUT2D eigenvalue weighted by atomic mass is 19.4. The Morgan fingerprint density at radius 2 is 2.17 bits per heavy atom. The van der Waals surface area contributed by atoms with E-state index < -0.39 is 23.9 Å². The molecule has 1 aliphatic heterocycles. The normalized spacial score (nSPS) is 19.4. The van der Waals surface area contributed by atoms with Gasteiger partial charge in [-0.05, 0) is 50.9 Å². The first-order chi connectivity index (χ1) is 11.2. The fraction of sp³-hybridized carbons (Fsp3) is 0.562. The number of carbonyl (C=O) groups is 1. The molecule has 1 fully saturated rings. The lowest BCUT2D eigenvalue weighted by molar-refractivity contribution is -0.186. The number of nitrogens with two attached hydrogens (primary N) is 1. The summed E-state index contributed by atoms with van der Waals surface area (Å²) < 4.78 is 57.7. The maximum Gasteiger partial charge on any atom is 0.471 e. The van der Waals surface area contributed by atoms with E-state index in [1.165, 1.54) is 12.1 Å². The lowest BCUT2D eigenvalue weighted by Gasteiger charge is -2.28. The van der Waals surface area contributed by atoms with Gasteiger partial charge in [0.05, 0.1) is 12.1 Å². The number of halogens is 4. The largest absolute Gasteiger partial charge is 0.490 e. The van der Waals surface area contributed by atoms with E-state index in [4.69, 9.17) is 10.5 Å². The summed E-state index contributed by atoms with van der Waals surface area (Å²) in [6.07, 6.45) is -3.93. The SMILES string of the molecule is C[C@@H](CCN)Oc1ccc(F)cc1[C@H]1CCCN1C(=O)C(F)(F)F. The molecule has 0 radical (unpaired) electrons. The molecule has 0 aromatic heterocycles. The van der Waals surface area contributed by atoms with Gasteiger partial charge in [0.2, 0.25) is 0 Å². The van der Waals surface area contributed by atoms with Gasteiger partial charge < -0.3 is 15.4 Å². The minimum absolute atomic E-state index is 0.0166. The highest BCUT2D eigenvalue weighted by molar-refractivity contribution is 5.82. The Morgan fingerprint density at radius 1 is 1.46 bits per heavy atom. The minimum atomic E-state index is -4.95. The molecule has 1 amide bonds. The number of nitrogens with zero attached hydrogens (tertiary/aromatic N) is 1. The summed E-state index contributed by atoms with van der Waals surface area (Å²) in [4.78, 5) is 12.4. The predicted molar refractivity (Wildman–Crippen MR) is 79.9 cm³/mol. The van der Waals surface area contributed by atoms with Crippen LogP contribution in [0.1, 0.15) is 37.8 Å². The van der Waals surface area contributed by atoms with Gasteiger partial charge in [-0.15, -0.1) is 0 Å². The van der Waals surface area contributed by atoms with E-state index in [2.05, 4.69) is 0 Å². The summed E-state index contributed by atoms with van der Waals surface area (Å²) in [7, 11) is 0. The molecule has 1 aromatic carbocycles. The van der Waals surface area contributed by atoms with Crippen molar-refractivity contribution in [2.24, 2.45) is 5.73 Å². The molecule has 4 nitrogen and oxygen atoms in total. The number of alkyl halides is 3. The van der Waals surface area contributed by atoms with E-state index in [9.17, 15) is 22.4 Å². The molecule has 24 heavy (non-hydrogen) atoms. The third-order valence-electron chi connectivity index (χ3n) is 3.99. The summed E-state index contributed by atoms with van der Waals surface area (Å²) >= 11 is 0. The van der Waals surface area contributed by atoms with Gasteiger partial charge in [-0.2, -0.15) is 13.2 Å². The number of rotatable bonds is 5. The summed E-state index contributed by atoms with van der Waals surface area (Å²) in [6.45, 7) is 2.14. The number of amides is 1. The molecule has 1 aliphatic rings. The van der Waals surface area contributed by atoms with Crippen LogP contribution in [0.3, 0.4) is 0 Å². The third kappa shape index (κ3) is 4.17. The van der Waals surface area contributed by atoms with Crippen molar-refractivity contribution in [2.45, 2.75) is 44.5 Å². The molecule has 1 heterocycles. The first-order valence-electron chi connectivity index (χ1n) is 7.78. The number of carbonyl (C=O) groups excluding carboxylic acids is 1. The molecule has 1 aromatic rings. The smallest absolute Gasteiger partial charge is 0.471 e. The zero-order chi connectivity index (χ0) is 17.9. The molecule has 0 spiro atoms. The van der Waals surface area contributed by atoms with Crippen LogP contribution in [0.15, 0.2) is 18.2 Å². The Kier molecular flexibility index (Phi) is 5.69. The molecule has 0 unspecified atom stereocenters. The summed E-state index contributed by atoms with van der Waals surface area (Å²) in [6, 6.07) is 2.84. The average Bonchev–Trinajstić information content (AvgIpc) is 2.96. The van der Waals surface area contributed by atoms with Crippen LogP contribution in [0.5, 0.6) is 5.75 Å². The van der Waals surface area contributed by atoms with Crippen molar-refractivity contribution in [1.29, 1.82) is 0 Å². The lowest BCUT2D eigenvalue weighted by atomic mass is 10.0. The van der Waals surface area contributed by atoms with E-state index in [0.29, 0.717) is 25.8 Å².